The zero-order chi connectivity index (χ0) is 6.69. The largest absolute Gasteiger partial charge is 0.396 e. The average molecular weight is 127 g/mol. The zero-order valence-electron chi connectivity index (χ0n) is 5.05. The van der Waals surface area contributed by atoms with Gasteiger partial charge in [-0.1, -0.05) is 0 Å². The first-order valence-corrected chi connectivity index (χ1v) is 2.92. The highest BCUT2D eigenvalue weighted by Gasteiger charge is 2.23. The standard InChI is InChI=1S/C6H9NO2/c8-4-2-5-1-3-7-6(5)9/h1,8H,2-4H2,(H,7,9). The number of hydrogen-bond donors (Lipinski definition) is 2. The van der Waals surface area contributed by atoms with Gasteiger partial charge < -0.3 is 10.4 Å². The van der Waals surface area contributed by atoms with E-state index in [-0.39, 0.29) is 12.5 Å². The predicted octanol–water partition coefficient (Wildman–Crippen LogP) is -0.723. The third-order valence-corrected chi connectivity index (χ3v) is 1.28. The molecule has 0 saturated carbocycles. The molecule has 0 aromatic rings. The van der Waals surface area contributed by atoms with Crippen LogP contribution in [-0.2, 0) is 4.79 Å². The van der Waals surface area contributed by atoms with Gasteiger partial charge in [-0.3, -0.25) is 4.79 Å². The van der Waals surface area contributed by atoms with Gasteiger partial charge in [0.05, 0.1) is 5.92 Å². The average Bonchev–Trinajstić information content (AvgIpc) is 2.18. The van der Waals surface area contributed by atoms with Crippen LogP contribution in [0.2, 0.25) is 0 Å². The highest BCUT2D eigenvalue weighted by molar-refractivity contribution is 5.94. The first kappa shape index (κ1) is 6.55. The molecule has 9 heavy (non-hydrogen) atoms. The molecule has 0 spiro atoms. The Hall–Kier alpha value is -0.570. The van der Waals surface area contributed by atoms with Gasteiger partial charge in [-0.2, -0.15) is 0 Å². The van der Waals surface area contributed by atoms with Crippen molar-refractivity contribution >= 4 is 5.91 Å². The Morgan fingerprint density at radius 1 is 1.78 bits per heavy atom. The summed E-state index contributed by atoms with van der Waals surface area (Å²) in [6, 6.07) is 0. The molecule has 3 nitrogen and oxygen atoms in total. The van der Waals surface area contributed by atoms with Crippen LogP contribution in [0.25, 0.3) is 0 Å². The van der Waals surface area contributed by atoms with Gasteiger partial charge in [0.15, 0.2) is 0 Å². The number of hydrogen-bond acceptors (Lipinski definition) is 2. The molecule has 0 aliphatic carbocycles. The number of aliphatic hydroxyl groups is 1. The highest BCUT2D eigenvalue weighted by atomic mass is 16.3. The lowest BCUT2D eigenvalue weighted by atomic mass is 10.1. The molecule has 0 unspecified atom stereocenters. The first-order chi connectivity index (χ1) is 4.34. The summed E-state index contributed by atoms with van der Waals surface area (Å²) >= 11 is 0. The number of rotatable bonds is 2. The molecule has 0 atom stereocenters. The monoisotopic (exact) mass is 127 g/mol. The van der Waals surface area contributed by atoms with Crippen LogP contribution >= 0.6 is 0 Å². The van der Waals surface area contributed by atoms with E-state index in [0.717, 1.165) is 0 Å². The molecular weight excluding hydrogens is 118 g/mol. The third-order valence-electron chi connectivity index (χ3n) is 1.28. The van der Waals surface area contributed by atoms with Gasteiger partial charge in [-0.05, 0) is 12.8 Å². The lowest BCUT2D eigenvalue weighted by molar-refractivity contribution is -0.117. The Morgan fingerprint density at radius 2 is 2.56 bits per heavy atom. The number of aliphatic hydroxyl groups excluding tert-OH is 1. The normalized spacial score (nSPS) is 20.3. The lowest BCUT2D eigenvalue weighted by Gasteiger charge is -1.99. The van der Waals surface area contributed by atoms with Crippen LogP contribution in [0.3, 0.4) is 0 Å². The van der Waals surface area contributed by atoms with Gasteiger partial charge >= 0.3 is 0 Å². The molecule has 2 radical (unpaired) electrons. The Labute approximate surface area is 54.1 Å². The molecule has 2 N–H and O–H groups in total. The summed E-state index contributed by atoms with van der Waals surface area (Å²) in [5.74, 6) is 0.668. The maximum atomic E-state index is 10.7. The smallest absolute Gasteiger partial charge is 0.227 e. The molecule has 1 amide bonds. The second kappa shape index (κ2) is 2.82. The zero-order valence-corrected chi connectivity index (χ0v) is 5.05. The van der Waals surface area contributed by atoms with E-state index < -0.39 is 0 Å². The van der Waals surface area contributed by atoms with Gasteiger partial charge in [0.1, 0.15) is 0 Å². The van der Waals surface area contributed by atoms with Gasteiger partial charge in [0.25, 0.3) is 0 Å². The van der Waals surface area contributed by atoms with E-state index in [1.165, 1.54) is 0 Å². The number of nitrogens with one attached hydrogen (secondary N) is 1. The first-order valence-electron chi connectivity index (χ1n) is 2.92. The van der Waals surface area contributed by atoms with E-state index in [1.54, 1.807) is 6.42 Å². The van der Waals surface area contributed by atoms with Crippen LogP contribution in [0.5, 0.6) is 0 Å². The quantitative estimate of drug-likeness (QED) is 0.514. The summed E-state index contributed by atoms with van der Waals surface area (Å²) in [4.78, 5) is 10.7. The molecule has 1 heterocycles. The van der Waals surface area contributed by atoms with E-state index in [1.807, 2.05) is 0 Å². The molecule has 1 rings (SSSR count). The fourth-order valence-corrected chi connectivity index (χ4v) is 0.809. The SMILES string of the molecule is O=C1NC[CH][C]1CCO. The minimum absolute atomic E-state index is 0.0379. The fraction of sp³-hybridized carbons (Fsp3) is 0.500. The summed E-state index contributed by atoms with van der Waals surface area (Å²) in [6.07, 6.45) is 2.28. The molecule has 0 aromatic heterocycles. The predicted molar refractivity (Wildman–Crippen MR) is 32.3 cm³/mol. The Balaban J connectivity index is 2.31. The van der Waals surface area contributed by atoms with Crippen molar-refractivity contribution in [2.75, 3.05) is 13.2 Å². The van der Waals surface area contributed by atoms with Crippen molar-refractivity contribution in [3.63, 3.8) is 0 Å². The van der Waals surface area contributed by atoms with Crippen LogP contribution < -0.4 is 5.32 Å². The van der Waals surface area contributed by atoms with Crippen molar-refractivity contribution in [3.05, 3.63) is 12.3 Å². The van der Waals surface area contributed by atoms with E-state index >= 15 is 0 Å². The van der Waals surface area contributed by atoms with Crippen molar-refractivity contribution in [2.24, 2.45) is 0 Å². The number of carbonyl (C=O) groups excluding carboxylic acids is 1. The minimum atomic E-state index is -0.0379. The molecule has 3 heteroatoms. The molecule has 0 bridgehead atoms. The second-order valence-electron chi connectivity index (χ2n) is 1.91. The third kappa shape index (κ3) is 1.42. The van der Waals surface area contributed by atoms with Crippen molar-refractivity contribution in [1.82, 2.24) is 5.32 Å². The van der Waals surface area contributed by atoms with Crippen molar-refractivity contribution < 1.29 is 9.90 Å². The summed E-state index contributed by atoms with van der Waals surface area (Å²) in [5.41, 5.74) is 0. The number of carbonyl (C=O) groups is 1. The molecule has 1 aliphatic heterocycles. The van der Waals surface area contributed by atoms with Crippen LogP contribution in [0.1, 0.15) is 6.42 Å². The molecule has 1 fully saturated rings. The van der Waals surface area contributed by atoms with Gasteiger partial charge in [-0.25, -0.2) is 0 Å². The lowest BCUT2D eigenvalue weighted by Crippen LogP contribution is -2.18. The van der Waals surface area contributed by atoms with Crippen LogP contribution in [0.15, 0.2) is 0 Å². The second-order valence-corrected chi connectivity index (χ2v) is 1.91. The summed E-state index contributed by atoms with van der Waals surface area (Å²) in [7, 11) is 0. The summed E-state index contributed by atoms with van der Waals surface area (Å²) < 4.78 is 0. The Bertz CT molecular complexity index is 114. The molecule has 1 saturated heterocycles. The van der Waals surface area contributed by atoms with E-state index in [9.17, 15) is 4.79 Å². The van der Waals surface area contributed by atoms with Crippen molar-refractivity contribution in [2.45, 2.75) is 6.42 Å². The topological polar surface area (TPSA) is 49.3 Å². The van der Waals surface area contributed by atoms with E-state index in [4.69, 9.17) is 5.11 Å². The molecule has 1 aliphatic rings. The maximum Gasteiger partial charge on any atom is 0.227 e. The molecule has 0 aromatic carbocycles. The summed E-state index contributed by atoms with van der Waals surface area (Å²) in [6.45, 7) is 0.674. The fourth-order valence-electron chi connectivity index (χ4n) is 0.809. The van der Waals surface area contributed by atoms with Crippen molar-refractivity contribution in [3.8, 4) is 0 Å². The Kier molecular flexibility index (Phi) is 2.05. The minimum Gasteiger partial charge on any atom is -0.396 e. The van der Waals surface area contributed by atoms with Crippen LogP contribution in [-0.4, -0.2) is 24.2 Å². The number of amides is 1. The van der Waals surface area contributed by atoms with Crippen molar-refractivity contribution in [1.29, 1.82) is 0 Å². The van der Waals surface area contributed by atoms with Gasteiger partial charge in [0.2, 0.25) is 5.91 Å². The van der Waals surface area contributed by atoms with Crippen LogP contribution in [0, 0.1) is 12.3 Å². The molecular formula is C6H9NO2. The van der Waals surface area contributed by atoms with E-state index in [2.05, 4.69) is 5.32 Å². The van der Waals surface area contributed by atoms with Gasteiger partial charge in [0, 0.05) is 13.2 Å². The Morgan fingerprint density at radius 3 is 3.00 bits per heavy atom. The van der Waals surface area contributed by atoms with Crippen LogP contribution in [0.4, 0.5) is 0 Å². The molecule has 50 valence electrons. The summed E-state index contributed by atoms with van der Waals surface area (Å²) in [5, 5.41) is 11.0. The van der Waals surface area contributed by atoms with E-state index in [0.29, 0.717) is 18.9 Å². The van der Waals surface area contributed by atoms with Gasteiger partial charge in [-0.15, -0.1) is 0 Å². The maximum absolute atomic E-state index is 10.7. The highest BCUT2D eigenvalue weighted by Crippen LogP contribution is 2.13.